The van der Waals surface area contributed by atoms with Gasteiger partial charge in [0, 0.05) is 37.1 Å². The van der Waals surface area contributed by atoms with Gasteiger partial charge in [-0.15, -0.1) is 0 Å². The zero-order chi connectivity index (χ0) is 25.0. The summed E-state index contributed by atoms with van der Waals surface area (Å²) in [5, 5.41) is 13.9. The van der Waals surface area contributed by atoms with E-state index in [2.05, 4.69) is 10.3 Å². The summed E-state index contributed by atoms with van der Waals surface area (Å²) in [7, 11) is -2.48. The van der Waals surface area contributed by atoms with E-state index in [4.69, 9.17) is 4.18 Å². The number of hydrogen-bond donors (Lipinski definition) is 1. The first-order valence-corrected chi connectivity index (χ1v) is 11.8. The summed E-state index contributed by atoms with van der Waals surface area (Å²) in [5.74, 6) is 0.208. The van der Waals surface area contributed by atoms with Gasteiger partial charge in [0.15, 0.2) is 0 Å². The Balaban J connectivity index is 1.52. The average molecular weight is 493 g/mol. The Bertz CT molecular complexity index is 1470. The lowest BCUT2D eigenvalue weighted by Crippen LogP contribution is -2.31. The van der Waals surface area contributed by atoms with Crippen molar-refractivity contribution in [2.45, 2.75) is 10.9 Å². The molecule has 3 aromatic carbocycles. The first-order chi connectivity index (χ1) is 16.7. The number of benzene rings is 3. The molecule has 0 aliphatic heterocycles. The van der Waals surface area contributed by atoms with Gasteiger partial charge >= 0.3 is 10.1 Å². The fourth-order valence-electron chi connectivity index (χ4n) is 3.40. The summed E-state index contributed by atoms with van der Waals surface area (Å²) in [5.41, 5.74) is 0.751. The monoisotopic (exact) mass is 492 g/mol. The lowest BCUT2D eigenvalue weighted by molar-refractivity contribution is -0.385. The number of hydrogen-bond acceptors (Lipinski definition) is 7. The minimum absolute atomic E-state index is 0.0447. The van der Waals surface area contributed by atoms with Crippen molar-refractivity contribution in [1.29, 1.82) is 0 Å². The molecule has 0 bridgehead atoms. The molecule has 0 saturated heterocycles. The number of imidazole rings is 1. The third kappa shape index (κ3) is 5.36. The van der Waals surface area contributed by atoms with Crippen LogP contribution >= 0.6 is 0 Å². The highest BCUT2D eigenvalue weighted by Crippen LogP contribution is 2.24. The lowest BCUT2D eigenvalue weighted by atomic mass is 10.1. The second-order valence-electron chi connectivity index (χ2n) is 7.53. The summed E-state index contributed by atoms with van der Waals surface area (Å²) in [6.45, 7) is 0. The zero-order valence-corrected chi connectivity index (χ0v) is 19.3. The molecule has 4 aromatic rings. The van der Waals surface area contributed by atoms with E-state index in [-0.39, 0.29) is 21.9 Å². The number of non-ortho nitro benzene ring substituents is 1. The zero-order valence-electron chi connectivity index (χ0n) is 18.4. The van der Waals surface area contributed by atoms with Crippen LogP contribution in [0.25, 0.3) is 0 Å². The third-order valence-electron chi connectivity index (χ3n) is 5.16. The van der Waals surface area contributed by atoms with Gasteiger partial charge in [0.05, 0.1) is 4.92 Å². The van der Waals surface area contributed by atoms with E-state index in [9.17, 15) is 23.3 Å². The number of nitrogens with zero attached hydrogens (tertiary/aromatic N) is 3. The van der Waals surface area contributed by atoms with Crippen LogP contribution in [0.5, 0.6) is 5.75 Å². The van der Waals surface area contributed by atoms with Gasteiger partial charge in [-0.25, -0.2) is 4.98 Å². The molecule has 1 atom stereocenters. The summed E-state index contributed by atoms with van der Waals surface area (Å²) >= 11 is 0. The number of carbonyl (C=O) groups is 1. The predicted molar refractivity (Wildman–Crippen MR) is 126 cm³/mol. The van der Waals surface area contributed by atoms with Crippen LogP contribution in [0.3, 0.4) is 0 Å². The van der Waals surface area contributed by atoms with Gasteiger partial charge in [-0.05, 0) is 35.9 Å². The van der Waals surface area contributed by atoms with Crippen molar-refractivity contribution in [3.8, 4) is 5.75 Å². The number of aromatic nitrogens is 2. The molecule has 35 heavy (non-hydrogen) atoms. The fraction of sp³-hybridized carbons (Fsp3) is 0.0833. The molecule has 11 heteroatoms. The number of aryl methyl sites for hydroxylation is 1. The minimum Gasteiger partial charge on any atom is -0.379 e. The fourth-order valence-corrected chi connectivity index (χ4v) is 4.37. The molecule has 0 aliphatic rings. The summed E-state index contributed by atoms with van der Waals surface area (Å²) in [6.07, 6.45) is 3.43. The van der Waals surface area contributed by atoms with E-state index in [0.717, 1.165) is 11.6 Å². The van der Waals surface area contributed by atoms with E-state index in [1.165, 1.54) is 42.5 Å². The third-order valence-corrected chi connectivity index (χ3v) is 6.41. The first kappa shape index (κ1) is 23.6. The number of carbonyl (C=O) groups excluding carboxylic acids is 1. The van der Waals surface area contributed by atoms with Gasteiger partial charge in [0.25, 0.3) is 11.6 Å². The van der Waals surface area contributed by atoms with Crippen LogP contribution < -0.4 is 9.50 Å². The van der Waals surface area contributed by atoms with Crippen molar-refractivity contribution in [3.05, 3.63) is 118 Å². The second-order valence-corrected chi connectivity index (χ2v) is 9.08. The topological polar surface area (TPSA) is 133 Å². The maximum absolute atomic E-state index is 13.0. The van der Waals surface area contributed by atoms with E-state index in [0.29, 0.717) is 5.82 Å². The van der Waals surface area contributed by atoms with Gasteiger partial charge in [-0.2, -0.15) is 8.42 Å². The molecule has 1 heterocycles. The van der Waals surface area contributed by atoms with Crippen molar-refractivity contribution in [3.63, 3.8) is 0 Å². The van der Waals surface area contributed by atoms with Crippen LogP contribution in [-0.2, 0) is 17.2 Å². The van der Waals surface area contributed by atoms with Gasteiger partial charge in [0.2, 0.25) is 0 Å². The molecule has 0 saturated carbocycles. The molecule has 0 aliphatic carbocycles. The number of nitrogens with one attached hydrogen (secondary N) is 1. The molecular weight excluding hydrogens is 472 g/mol. The van der Waals surface area contributed by atoms with Crippen LogP contribution in [0.4, 0.5) is 5.69 Å². The largest absolute Gasteiger partial charge is 0.379 e. The Morgan fingerprint density at radius 3 is 2.40 bits per heavy atom. The molecule has 0 radical (unpaired) electrons. The molecule has 0 fully saturated rings. The first-order valence-electron chi connectivity index (χ1n) is 10.4. The van der Waals surface area contributed by atoms with Gasteiger partial charge < -0.3 is 14.1 Å². The van der Waals surface area contributed by atoms with Crippen molar-refractivity contribution in [2.75, 3.05) is 0 Å². The molecule has 1 N–H and O–H groups in total. The quantitative estimate of drug-likeness (QED) is 0.226. The Labute approximate surface area is 201 Å². The highest BCUT2D eigenvalue weighted by molar-refractivity contribution is 7.87. The number of amides is 1. The average Bonchev–Trinajstić information content (AvgIpc) is 3.28. The Morgan fingerprint density at radius 1 is 1.06 bits per heavy atom. The van der Waals surface area contributed by atoms with Crippen LogP contribution in [0, 0.1) is 10.1 Å². The molecule has 0 spiro atoms. The van der Waals surface area contributed by atoms with Gasteiger partial charge in [-0.3, -0.25) is 14.9 Å². The number of nitro benzene ring substituents is 1. The smallest absolute Gasteiger partial charge is 0.339 e. The SMILES string of the molecule is Cn1ccnc1C(NC(=O)c1ccc(OS(=O)(=O)c2cccc([N+](=O)[O-])c2)cc1)c1ccccc1. The maximum atomic E-state index is 13.0. The van der Waals surface area contributed by atoms with Gasteiger partial charge in [0.1, 0.15) is 22.5 Å². The number of nitro groups is 1. The van der Waals surface area contributed by atoms with Crippen LogP contribution in [0.1, 0.15) is 27.8 Å². The maximum Gasteiger partial charge on any atom is 0.339 e. The Kier molecular flexibility index (Phi) is 6.60. The highest BCUT2D eigenvalue weighted by Gasteiger charge is 2.22. The van der Waals surface area contributed by atoms with E-state index < -0.39 is 27.0 Å². The van der Waals surface area contributed by atoms with Crippen molar-refractivity contribution >= 4 is 21.7 Å². The Morgan fingerprint density at radius 2 is 1.77 bits per heavy atom. The molecule has 1 aromatic heterocycles. The summed E-state index contributed by atoms with van der Waals surface area (Å²) in [6, 6.07) is 18.9. The van der Waals surface area contributed by atoms with Gasteiger partial charge in [-0.1, -0.05) is 36.4 Å². The van der Waals surface area contributed by atoms with Crippen LogP contribution in [0.2, 0.25) is 0 Å². The van der Waals surface area contributed by atoms with Crippen LogP contribution in [0.15, 0.2) is 96.2 Å². The standard InChI is InChI=1S/C24H20N4O6S/c1-27-15-14-25-23(27)22(17-6-3-2-4-7-17)26-24(29)18-10-12-20(13-11-18)34-35(32,33)21-9-5-8-19(16-21)28(30)31/h2-16,22H,1H3,(H,26,29). The van der Waals surface area contributed by atoms with E-state index in [1.54, 1.807) is 12.4 Å². The molecular formula is C24H20N4O6S. The Hall–Kier alpha value is -4.51. The molecule has 4 rings (SSSR count). The predicted octanol–water partition coefficient (Wildman–Crippen LogP) is 3.62. The van der Waals surface area contributed by atoms with Crippen LogP contribution in [-0.4, -0.2) is 28.8 Å². The van der Waals surface area contributed by atoms with Crippen molar-refractivity contribution in [2.24, 2.45) is 7.05 Å². The molecule has 1 amide bonds. The van der Waals surface area contributed by atoms with Crippen molar-refractivity contribution < 1.29 is 22.3 Å². The molecule has 178 valence electrons. The van der Waals surface area contributed by atoms with Crippen molar-refractivity contribution in [1.82, 2.24) is 14.9 Å². The summed E-state index contributed by atoms with van der Waals surface area (Å²) in [4.78, 5) is 27.2. The molecule has 1 unspecified atom stereocenters. The summed E-state index contributed by atoms with van der Waals surface area (Å²) < 4.78 is 32.0. The number of rotatable bonds is 8. The normalized spacial score (nSPS) is 12.0. The minimum atomic E-state index is -4.31. The van der Waals surface area contributed by atoms with E-state index in [1.807, 2.05) is 41.9 Å². The highest BCUT2D eigenvalue weighted by atomic mass is 32.2. The molecule has 10 nitrogen and oxygen atoms in total. The second kappa shape index (κ2) is 9.77. The lowest BCUT2D eigenvalue weighted by Gasteiger charge is -2.19. The van der Waals surface area contributed by atoms with E-state index >= 15 is 0 Å².